The van der Waals surface area contributed by atoms with Gasteiger partial charge in [-0.05, 0) is 24.3 Å². The van der Waals surface area contributed by atoms with E-state index >= 15 is 0 Å². The maximum absolute atomic E-state index is 8.24. The van der Waals surface area contributed by atoms with Crippen LogP contribution < -0.4 is 0 Å². The van der Waals surface area contributed by atoms with Crippen molar-refractivity contribution in [1.29, 1.82) is 0 Å². The average Bonchev–Trinajstić information content (AvgIpc) is 1.92. The van der Waals surface area contributed by atoms with Crippen molar-refractivity contribution < 1.29 is 40.2 Å². The second kappa shape index (κ2) is 177. The normalized spacial score (nSPS) is 2.46. The van der Waals surface area contributed by atoms with Crippen molar-refractivity contribution in [2.45, 2.75) is 0 Å². The monoisotopic (exact) mass is 266 g/mol. The first kappa shape index (κ1) is 30.3. The van der Waals surface area contributed by atoms with Gasteiger partial charge in [-0.15, -0.1) is 0 Å². The Bertz CT molecular complexity index is 156. The molecule has 0 saturated carbocycles. The van der Waals surface area contributed by atoms with Crippen molar-refractivity contribution in [3.63, 3.8) is 0 Å². The molecule has 0 amide bonds. The molecule has 0 heterocycles. The molecule has 0 unspecified atom stereocenters. The Kier molecular flexibility index (Phi) is 414. The van der Waals surface area contributed by atoms with E-state index in [0.717, 1.165) is 0 Å². The first-order valence-corrected chi connectivity index (χ1v) is 1.71. The molecule has 0 bridgehead atoms. The Morgan fingerprint density at radius 2 is 0.538 bits per heavy atom. The van der Waals surface area contributed by atoms with Gasteiger partial charge >= 0.3 is 21.1 Å². The third kappa shape index (κ3) is 214. The van der Waals surface area contributed by atoms with E-state index in [2.05, 4.69) is 0 Å². The second-order valence-electron chi connectivity index (χ2n) is 0.365. The molecular formula is C4MoN4O4. The summed E-state index contributed by atoms with van der Waals surface area (Å²) in [6, 6.07) is 0. The first-order chi connectivity index (χ1) is 5.66. The molecule has 0 aliphatic rings. The van der Waals surface area contributed by atoms with Gasteiger partial charge in [-0.3, -0.25) is 19.2 Å². The van der Waals surface area contributed by atoms with Crippen molar-refractivity contribution >= 4 is 24.3 Å². The zero-order chi connectivity index (χ0) is 10.8. The standard InChI is InChI=1S/4CNO.Mo/c4*2-1-3;/q4*-1;+4. The van der Waals surface area contributed by atoms with Gasteiger partial charge in [-0.2, -0.15) is 0 Å². The molecule has 9 heteroatoms. The van der Waals surface area contributed by atoms with Gasteiger partial charge in [-0.25, -0.2) is 0 Å². The minimum atomic E-state index is 0. The summed E-state index contributed by atoms with van der Waals surface area (Å²) in [7, 11) is 0. The molecule has 8 nitrogen and oxygen atoms in total. The Morgan fingerprint density at radius 1 is 0.538 bits per heavy atom. The summed E-state index contributed by atoms with van der Waals surface area (Å²) >= 11 is 0. The molecule has 0 aromatic heterocycles. The number of carbonyl (C=O) groups excluding carboxylic acids is 4. The fourth-order valence-corrected chi connectivity index (χ4v) is 0. The van der Waals surface area contributed by atoms with Crippen LogP contribution in [0.5, 0.6) is 0 Å². The molecule has 0 aliphatic carbocycles. The summed E-state index contributed by atoms with van der Waals surface area (Å²) in [5, 5.41) is 27.1. The van der Waals surface area contributed by atoms with Gasteiger partial charge in [0.15, 0.2) is 0 Å². The topological polar surface area (TPSA) is 157 Å². The third-order valence-electron chi connectivity index (χ3n) is 0. The predicted octanol–water partition coefficient (Wildman–Crippen LogP) is -0.436. The van der Waals surface area contributed by atoms with Crippen LogP contribution in [0.3, 0.4) is 0 Å². The van der Waals surface area contributed by atoms with Gasteiger partial charge < -0.3 is 21.6 Å². The molecule has 0 N–H and O–H groups in total. The second-order valence-corrected chi connectivity index (χ2v) is 0.365. The van der Waals surface area contributed by atoms with Crippen LogP contribution in [-0.4, -0.2) is 24.3 Å². The zero-order valence-electron chi connectivity index (χ0n) is 5.83. The quantitative estimate of drug-likeness (QED) is 0.330. The van der Waals surface area contributed by atoms with E-state index in [4.69, 9.17) is 40.8 Å². The molecule has 0 fully saturated rings. The third-order valence-corrected chi connectivity index (χ3v) is 0. The first-order valence-electron chi connectivity index (χ1n) is 1.71. The van der Waals surface area contributed by atoms with Crippen molar-refractivity contribution in [2.24, 2.45) is 0 Å². The molecule has 0 saturated heterocycles. The SMILES string of the molecule is [Mo+4].[N-]=C=O.[N-]=C=O.[N-]=C=O.[N-]=C=O. The van der Waals surface area contributed by atoms with Crippen molar-refractivity contribution in [3.05, 3.63) is 21.6 Å². The van der Waals surface area contributed by atoms with Gasteiger partial charge in [0.2, 0.25) is 0 Å². The minimum Gasteiger partial charge on any atom is -0.724 e. The molecule has 0 aliphatic heterocycles. The summed E-state index contributed by atoms with van der Waals surface area (Å²) in [5.41, 5.74) is 0. The van der Waals surface area contributed by atoms with Crippen LogP contribution in [0, 0.1) is 0 Å². The van der Waals surface area contributed by atoms with Crippen molar-refractivity contribution in [1.82, 2.24) is 0 Å². The maximum Gasteiger partial charge on any atom is 4.00 e. The fourth-order valence-electron chi connectivity index (χ4n) is 0. The number of hydrogen-bond acceptors (Lipinski definition) is 4. The van der Waals surface area contributed by atoms with E-state index in [1.54, 1.807) is 0 Å². The van der Waals surface area contributed by atoms with Crippen LogP contribution in [0.1, 0.15) is 0 Å². The molecule has 0 aromatic carbocycles. The molecule has 0 rings (SSSR count). The van der Waals surface area contributed by atoms with Crippen LogP contribution >= 0.6 is 0 Å². The molecule has 13 heavy (non-hydrogen) atoms. The van der Waals surface area contributed by atoms with Gasteiger partial charge in [-0.1, -0.05) is 0 Å². The van der Waals surface area contributed by atoms with Gasteiger partial charge in [0.1, 0.15) is 0 Å². The largest absolute Gasteiger partial charge is 4.00 e. The summed E-state index contributed by atoms with van der Waals surface area (Å²) < 4.78 is 0. The number of nitrogens with zero attached hydrogens (tertiary/aromatic N) is 4. The van der Waals surface area contributed by atoms with Crippen LogP contribution in [-0.2, 0) is 40.2 Å². The van der Waals surface area contributed by atoms with Crippen LogP contribution in [0.25, 0.3) is 21.6 Å². The Labute approximate surface area is 86.6 Å². The Balaban J connectivity index is -0.0000000213. The number of rotatable bonds is 0. The van der Waals surface area contributed by atoms with Gasteiger partial charge in [0.05, 0.1) is 0 Å². The van der Waals surface area contributed by atoms with Crippen LogP contribution in [0.4, 0.5) is 0 Å². The summed E-state index contributed by atoms with van der Waals surface area (Å²) in [5.74, 6) is 0. The summed E-state index contributed by atoms with van der Waals surface area (Å²) in [6.07, 6.45) is 2.00. The summed E-state index contributed by atoms with van der Waals surface area (Å²) in [4.78, 5) is 32.9. The van der Waals surface area contributed by atoms with Crippen molar-refractivity contribution in [3.8, 4) is 0 Å². The zero-order valence-corrected chi connectivity index (χ0v) is 7.84. The predicted molar refractivity (Wildman–Crippen MR) is 36.2 cm³/mol. The van der Waals surface area contributed by atoms with Crippen LogP contribution in [0.15, 0.2) is 0 Å². The van der Waals surface area contributed by atoms with Crippen molar-refractivity contribution in [2.75, 3.05) is 0 Å². The maximum atomic E-state index is 8.24. The van der Waals surface area contributed by atoms with E-state index < -0.39 is 0 Å². The van der Waals surface area contributed by atoms with Crippen LogP contribution in [0.2, 0.25) is 0 Å². The average molecular weight is 264 g/mol. The summed E-state index contributed by atoms with van der Waals surface area (Å²) in [6.45, 7) is 0. The molecule has 0 radical (unpaired) electrons. The molecule has 0 spiro atoms. The molecule has 0 atom stereocenters. The van der Waals surface area contributed by atoms with E-state index in [1.807, 2.05) is 0 Å². The Morgan fingerprint density at radius 3 is 0.538 bits per heavy atom. The minimum absolute atomic E-state index is 0. The van der Waals surface area contributed by atoms with Gasteiger partial charge in [0, 0.05) is 0 Å². The number of isocyanates is 4. The van der Waals surface area contributed by atoms with E-state index in [-0.39, 0.29) is 21.1 Å². The molecular weight excluding hydrogens is 264 g/mol. The van der Waals surface area contributed by atoms with E-state index in [1.165, 1.54) is 0 Å². The Hall–Kier alpha value is -1.79. The number of hydrogen-bond donors (Lipinski definition) is 0. The fraction of sp³-hybridized carbons (Fsp3) is 0. The van der Waals surface area contributed by atoms with E-state index in [0.29, 0.717) is 24.3 Å². The van der Waals surface area contributed by atoms with Gasteiger partial charge in [0.25, 0.3) is 0 Å². The van der Waals surface area contributed by atoms with E-state index in [9.17, 15) is 0 Å². The molecule has 0 aromatic rings. The molecule has 66 valence electrons. The smallest absolute Gasteiger partial charge is 0.724 e.